The quantitative estimate of drug-likeness (QED) is 0.698. The lowest BCUT2D eigenvalue weighted by atomic mass is 10.0. The maximum Gasteiger partial charge on any atom is 0.416 e. The Bertz CT molecular complexity index is 322. The molecule has 0 amide bonds. The van der Waals surface area contributed by atoms with Gasteiger partial charge in [-0.15, -0.1) is 0 Å². The van der Waals surface area contributed by atoms with Crippen LogP contribution in [0.2, 0.25) is 0 Å². The van der Waals surface area contributed by atoms with Crippen LogP contribution in [0, 0.1) is 0 Å². The van der Waals surface area contributed by atoms with Crippen LogP contribution in [0.5, 0.6) is 0 Å². The zero-order valence-electron chi connectivity index (χ0n) is 8.51. The molecule has 3 heteroatoms. The van der Waals surface area contributed by atoms with Gasteiger partial charge in [-0.1, -0.05) is 49.8 Å². The molecule has 0 heterocycles. The monoisotopic (exact) mass is 214 g/mol. The first-order chi connectivity index (χ1) is 7.05. The van der Waals surface area contributed by atoms with Gasteiger partial charge in [0.05, 0.1) is 5.57 Å². The molecule has 0 aromatic heterocycles. The number of hydrogen-bond acceptors (Lipinski definition) is 0. The second-order valence-corrected chi connectivity index (χ2v) is 3.27. The van der Waals surface area contributed by atoms with Crippen LogP contribution in [-0.2, 0) is 0 Å². The first-order valence-electron chi connectivity index (χ1n) is 4.88. The molecule has 0 saturated heterocycles. The summed E-state index contributed by atoms with van der Waals surface area (Å²) in [5.41, 5.74) is -0.302. The van der Waals surface area contributed by atoms with Crippen LogP contribution in [0.15, 0.2) is 36.4 Å². The van der Waals surface area contributed by atoms with Gasteiger partial charge in [0.2, 0.25) is 0 Å². The average molecular weight is 214 g/mol. The molecule has 0 spiro atoms. The minimum absolute atomic E-state index is 0.235. The lowest BCUT2D eigenvalue weighted by molar-refractivity contribution is -0.0690. The summed E-state index contributed by atoms with van der Waals surface area (Å²) in [5.74, 6) is 0. The Morgan fingerprint density at radius 1 is 1.20 bits per heavy atom. The van der Waals surface area contributed by atoms with Crippen molar-refractivity contribution in [2.45, 2.75) is 25.9 Å². The van der Waals surface area contributed by atoms with Crippen molar-refractivity contribution >= 4 is 5.57 Å². The van der Waals surface area contributed by atoms with Crippen molar-refractivity contribution in [3.8, 4) is 0 Å². The van der Waals surface area contributed by atoms with E-state index in [1.165, 1.54) is 18.2 Å². The summed E-state index contributed by atoms with van der Waals surface area (Å²) in [5, 5.41) is 0. The lowest BCUT2D eigenvalue weighted by Gasteiger charge is -2.11. The fourth-order valence-corrected chi connectivity index (χ4v) is 1.30. The van der Waals surface area contributed by atoms with Crippen molar-refractivity contribution in [1.29, 1.82) is 0 Å². The van der Waals surface area contributed by atoms with Gasteiger partial charge in [-0.3, -0.25) is 0 Å². The molecule has 0 fully saturated rings. The Morgan fingerprint density at radius 2 is 1.80 bits per heavy atom. The van der Waals surface area contributed by atoms with Gasteiger partial charge in [-0.2, -0.15) is 13.2 Å². The van der Waals surface area contributed by atoms with Gasteiger partial charge in [0, 0.05) is 0 Å². The zero-order valence-corrected chi connectivity index (χ0v) is 8.51. The Morgan fingerprint density at radius 3 is 2.27 bits per heavy atom. The molecule has 0 unspecified atom stereocenters. The molecular weight excluding hydrogens is 201 g/mol. The second-order valence-electron chi connectivity index (χ2n) is 3.27. The Balaban J connectivity index is 3.03. The van der Waals surface area contributed by atoms with E-state index in [-0.39, 0.29) is 5.56 Å². The lowest BCUT2D eigenvalue weighted by Crippen LogP contribution is -2.10. The van der Waals surface area contributed by atoms with E-state index in [9.17, 15) is 13.2 Å². The predicted octanol–water partition coefficient (Wildman–Crippen LogP) is 4.43. The summed E-state index contributed by atoms with van der Waals surface area (Å²) in [6.07, 6.45) is -1.85. The minimum Gasteiger partial charge on any atom is -0.166 e. The normalized spacial score (nSPS) is 12.9. The molecule has 82 valence electrons. The number of allylic oxidation sites excluding steroid dienone is 2. The third-order valence-corrected chi connectivity index (χ3v) is 2.03. The molecule has 0 bridgehead atoms. The number of halogens is 3. The van der Waals surface area contributed by atoms with E-state index in [2.05, 4.69) is 0 Å². The summed E-state index contributed by atoms with van der Waals surface area (Å²) >= 11 is 0. The Kier molecular flexibility index (Phi) is 3.95. The molecular formula is C12H13F3. The maximum absolute atomic E-state index is 12.7. The molecule has 15 heavy (non-hydrogen) atoms. The van der Waals surface area contributed by atoms with Crippen molar-refractivity contribution in [1.82, 2.24) is 0 Å². The highest BCUT2D eigenvalue weighted by atomic mass is 19.4. The molecule has 1 aromatic carbocycles. The first kappa shape index (κ1) is 11.8. The largest absolute Gasteiger partial charge is 0.416 e. The molecule has 0 radical (unpaired) electrons. The van der Waals surface area contributed by atoms with Crippen LogP contribution in [0.1, 0.15) is 25.3 Å². The number of rotatable bonds is 3. The topological polar surface area (TPSA) is 0 Å². The Hall–Kier alpha value is -1.25. The molecule has 0 saturated carbocycles. The van der Waals surface area contributed by atoms with Crippen LogP contribution >= 0.6 is 0 Å². The standard InChI is InChI=1S/C12H13F3/c1-2-3-9-11(12(13,14)15)10-7-5-4-6-8-10/h4-9H,2-3H2,1H3/b11-9+. The Labute approximate surface area is 87.4 Å². The van der Waals surface area contributed by atoms with Crippen LogP contribution in [0.4, 0.5) is 13.2 Å². The third-order valence-electron chi connectivity index (χ3n) is 2.03. The molecule has 1 aromatic rings. The number of hydrogen-bond donors (Lipinski definition) is 0. The summed E-state index contributed by atoms with van der Waals surface area (Å²) in [7, 11) is 0. The maximum atomic E-state index is 12.7. The summed E-state index contributed by atoms with van der Waals surface area (Å²) in [4.78, 5) is 0. The van der Waals surface area contributed by atoms with E-state index >= 15 is 0 Å². The highest BCUT2D eigenvalue weighted by Crippen LogP contribution is 2.34. The van der Waals surface area contributed by atoms with Gasteiger partial charge >= 0.3 is 6.18 Å². The summed E-state index contributed by atoms with van der Waals surface area (Å²) in [6, 6.07) is 7.89. The summed E-state index contributed by atoms with van der Waals surface area (Å²) < 4.78 is 38.0. The fourth-order valence-electron chi connectivity index (χ4n) is 1.30. The molecule has 0 nitrogen and oxygen atoms in total. The van der Waals surface area contributed by atoms with Gasteiger partial charge in [0.15, 0.2) is 0 Å². The predicted molar refractivity (Wildman–Crippen MR) is 55.4 cm³/mol. The molecule has 0 N–H and O–H groups in total. The molecule has 1 rings (SSSR count). The molecule has 0 aliphatic carbocycles. The average Bonchev–Trinajstić information content (AvgIpc) is 2.18. The van der Waals surface area contributed by atoms with Crippen molar-refractivity contribution in [2.24, 2.45) is 0 Å². The number of benzene rings is 1. The van der Waals surface area contributed by atoms with E-state index in [4.69, 9.17) is 0 Å². The van der Waals surface area contributed by atoms with Crippen molar-refractivity contribution in [2.75, 3.05) is 0 Å². The minimum atomic E-state index is -4.27. The SMILES string of the molecule is CCC/C=C(\c1ccccc1)C(F)(F)F. The van der Waals surface area contributed by atoms with Crippen LogP contribution < -0.4 is 0 Å². The number of unbranched alkanes of at least 4 members (excludes halogenated alkanes) is 1. The second kappa shape index (κ2) is 5.01. The molecule has 0 atom stereocenters. The third kappa shape index (κ3) is 3.42. The van der Waals surface area contributed by atoms with Gasteiger partial charge in [-0.25, -0.2) is 0 Å². The number of alkyl halides is 3. The van der Waals surface area contributed by atoms with Crippen LogP contribution in [0.25, 0.3) is 5.57 Å². The van der Waals surface area contributed by atoms with Crippen LogP contribution in [-0.4, -0.2) is 6.18 Å². The van der Waals surface area contributed by atoms with Gasteiger partial charge in [0.1, 0.15) is 0 Å². The smallest absolute Gasteiger partial charge is 0.166 e. The van der Waals surface area contributed by atoms with Gasteiger partial charge < -0.3 is 0 Å². The van der Waals surface area contributed by atoms with E-state index < -0.39 is 11.7 Å². The molecule has 0 aliphatic heterocycles. The van der Waals surface area contributed by atoms with Gasteiger partial charge in [-0.05, 0) is 12.0 Å². The van der Waals surface area contributed by atoms with Crippen LogP contribution in [0.3, 0.4) is 0 Å². The van der Waals surface area contributed by atoms with E-state index in [0.29, 0.717) is 12.8 Å². The zero-order chi connectivity index (χ0) is 11.3. The fraction of sp³-hybridized carbons (Fsp3) is 0.333. The summed E-state index contributed by atoms with van der Waals surface area (Å²) in [6.45, 7) is 1.86. The van der Waals surface area contributed by atoms with Crippen molar-refractivity contribution < 1.29 is 13.2 Å². The van der Waals surface area contributed by atoms with Crippen molar-refractivity contribution in [3.05, 3.63) is 42.0 Å². The van der Waals surface area contributed by atoms with Crippen molar-refractivity contribution in [3.63, 3.8) is 0 Å². The van der Waals surface area contributed by atoms with E-state index in [1.807, 2.05) is 6.92 Å². The molecule has 0 aliphatic rings. The van der Waals surface area contributed by atoms with E-state index in [1.54, 1.807) is 18.2 Å². The van der Waals surface area contributed by atoms with E-state index in [0.717, 1.165) is 0 Å². The van der Waals surface area contributed by atoms with Gasteiger partial charge in [0.25, 0.3) is 0 Å². The highest BCUT2D eigenvalue weighted by molar-refractivity contribution is 5.69. The first-order valence-corrected chi connectivity index (χ1v) is 4.88. The highest BCUT2D eigenvalue weighted by Gasteiger charge is 2.33.